The van der Waals surface area contributed by atoms with Crippen molar-refractivity contribution in [2.45, 2.75) is 96.9 Å². The molecule has 2 aromatic carbocycles. The molecule has 1 heterocycles. The zero-order valence-corrected chi connectivity index (χ0v) is 23.0. The number of carbonyl (C=O) groups is 1. The van der Waals surface area contributed by atoms with Gasteiger partial charge < -0.3 is 10.1 Å². The first-order valence-corrected chi connectivity index (χ1v) is 14.1. The lowest BCUT2D eigenvalue weighted by molar-refractivity contribution is -0.112. The van der Waals surface area contributed by atoms with Crippen LogP contribution in [0.1, 0.15) is 94.1 Å². The van der Waals surface area contributed by atoms with Crippen molar-refractivity contribution in [3.05, 3.63) is 53.1 Å². The average molecular weight is 512 g/mol. The van der Waals surface area contributed by atoms with Gasteiger partial charge in [0.15, 0.2) is 5.78 Å². The molecule has 37 heavy (non-hydrogen) atoms. The second-order valence-corrected chi connectivity index (χ2v) is 11.7. The van der Waals surface area contributed by atoms with Crippen LogP contribution in [0.25, 0.3) is 11.1 Å². The van der Waals surface area contributed by atoms with Crippen molar-refractivity contribution >= 4 is 11.5 Å². The number of ether oxygens (including phenoxy) is 1. The molecule has 5 heteroatoms. The number of halogens is 2. The van der Waals surface area contributed by atoms with Gasteiger partial charge in [0.1, 0.15) is 0 Å². The number of nitrogens with one attached hydrogen (secondary N) is 1. The van der Waals surface area contributed by atoms with E-state index >= 15 is 0 Å². The summed E-state index contributed by atoms with van der Waals surface area (Å²) in [6.45, 7) is 10.1. The third-order valence-corrected chi connectivity index (χ3v) is 8.38. The molecule has 1 saturated carbocycles. The van der Waals surface area contributed by atoms with E-state index in [2.05, 4.69) is 57.3 Å². The van der Waals surface area contributed by atoms with Crippen molar-refractivity contribution in [1.82, 2.24) is 0 Å². The fourth-order valence-corrected chi connectivity index (χ4v) is 5.75. The molecular weight excluding hydrogens is 468 g/mol. The Morgan fingerprint density at radius 1 is 1.14 bits per heavy atom. The molecular formula is C32H43F2NO2. The van der Waals surface area contributed by atoms with E-state index in [9.17, 15) is 13.6 Å². The summed E-state index contributed by atoms with van der Waals surface area (Å²) in [6, 6.07) is 12.5. The van der Waals surface area contributed by atoms with Crippen LogP contribution < -0.4 is 5.32 Å². The van der Waals surface area contributed by atoms with E-state index in [1.54, 1.807) is 0 Å². The minimum absolute atomic E-state index is 0.0442. The van der Waals surface area contributed by atoms with Gasteiger partial charge in [-0.3, -0.25) is 4.79 Å². The zero-order chi connectivity index (χ0) is 26.6. The summed E-state index contributed by atoms with van der Waals surface area (Å²) >= 11 is 0. The largest absolute Gasteiger partial charge is 0.379 e. The summed E-state index contributed by atoms with van der Waals surface area (Å²) < 4.78 is 32.3. The SMILES string of the molecule is CCc1c(-c2ccc(C(=O)CC(C)CC)cc2)ccc(CCCC2CC(F)(F)C2)c1NC1(C)CCOC1. The number of benzene rings is 2. The molecule has 2 atom stereocenters. The maximum Gasteiger partial charge on any atom is 0.248 e. The first kappa shape index (κ1) is 27.8. The van der Waals surface area contributed by atoms with Gasteiger partial charge in [0.2, 0.25) is 5.92 Å². The van der Waals surface area contributed by atoms with E-state index in [0.717, 1.165) is 56.3 Å². The summed E-state index contributed by atoms with van der Waals surface area (Å²) in [6.07, 6.45) is 6.13. The molecule has 4 rings (SSSR count). The molecule has 1 aliphatic heterocycles. The highest BCUT2D eigenvalue weighted by Gasteiger charge is 2.44. The third kappa shape index (κ3) is 6.79. The normalized spacial score (nSPS) is 22.0. The van der Waals surface area contributed by atoms with Gasteiger partial charge in [-0.05, 0) is 73.1 Å². The molecule has 3 nitrogen and oxygen atoms in total. The van der Waals surface area contributed by atoms with E-state index in [0.29, 0.717) is 18.9 Å². The topological polar surface area (TPSA) is 38.3 Å². The molecule has 0 spiro atoms. The molecule has 0 radical (unpaired) electrons. The number of ketones is 1. The van der Waals surface area contributed by atoms with E-state index in [1.165, 1.54) is 22.4 Å². The molecule has 0 aromatic heterocycles. The number of rotatable bonds is 12. The van der Waals surface area contributed by atoms with Crippen molar-refractivity contribution in [2.24, 2.45) is 11.8 Å². The lowest BCUT2D eigenvalue weighted by Gasteiger charge is -2.35. The highest BCUT2D eigenvalue weighted by Crippen LogP contribution is 2.45. The second-order valence-electron chi connectivity index (χ2n) is 11.7. The molecule has 2 aliphatic rings. The minimum atomic E-state index is -2.44. The van der Waals surface area contributed by atoms with Crippen molar-refractivity contribution < 1.29 is 18.3 Å². The predicted molar refractivity (Wildman–Crippen MR) is 148 cm³/mol. The summed E-state index contributed by atoms with van der Waals surface area (Å²) in [5.41, 5.74) is 6.61. The predicted octanol–water partition coefficient (Wildman–Crippen LogP) is 8.49. The first-order chi connectivity index (χ1) is 17.6. The smallest absolute Gasteiger partial charge is 0.248 e. The molecule has 0 bridgehead atoms. The molecule has 0 amide bonds. The highest BCUT2D eigenvalue weighted by atomic mass is 19.3. The number of hydrogen-bond acceptors (Lipinski definition) is 3. The van der Waals surface area contributed by atoms with Crippen LogP contribution in [0, 0.1) is 11.8 Å². The minimum Gasteiger partial charge on any atom is -0.379 e. The molecule has 202 valence electrons. The standard InChI is InChI=1S/C32H43F2NO2/c1-5-22(3)18-29(36)25-12-10-24(11-13-25)28-15-14-26(9-7-8-23-19-32(33,34)20-23)30(27(28)6-2)35-31(4)16-17-37-21-31/h10-15,22-23,35H,5-9,16-21H2,1-4H3. The molecule has 1 saturated heterocycles. The number of anilines is 1. The fraction of sp³-hybridized carbons (Fsp3) is 0.594. The van der Waals surface area contributed by atoms with Crippen LogP contribution in [0.4, 0.5) is 14.5 Å². The van der Waals surface area contributed by atoms with Crippen LogP contribution in [-0.2, 0) is 17.6 Å². The lowest BCUT2D eigenvalue weighted by atomic mass is 9.78. The summed E-state index contributed by atoms with van der Waals surface area (Å²) in [5.74, 6) is -1.70. The monoisotopic (exact) mass is 511 g/mol. The molecule has 2 unspecified atom stereocenters. The van der Waals surface area contributed by atoms with Crippen LogP contribution in [0.2, 0.25) is 0 Å². The van der Waals surface area contributed by atoms with Gasteiger partial charge in [-0.15, -0.1) is 0 Å². The van der Waals surface area contributed by atoms with Gasteiger partial charge in [0.25, 0.3) is 0 Å². The summed E-state index contributed by atoms with van der Waals surface area (Å²) in [7, 11) is 0. The zero-order valence-electron chi connectivity index (χ0n) is 23.0. The van der Waals surface area contributed by atoms with Gasteiger partial charge >= 0.3 is 0 Å². The molecule has 1 aliphatic carbocycles. The van der Waals surface area contributed by atoms with E-state index in [4.69, 9.17) is 4.74 Å². The van der Waals surface area contributed by atoms with Gasteiger partial charge in [-0.25, -0.2) is 8.78 Å². The highest BCUT2D eigenvalue weighted by molar-refractivity contribution is 5.96. The van der Waals surface area contributed by atoms with E-state index in [-0.39, 0.29) is 30.1 Å². The maximum absolute atomic E-state index is 13.3. The van der Waals surface area contributed by atoms with Crippen molar-refractivity contribution in [2.75, 3.05) is 18.5 Å². The first-order valence-electron chi connectivity index (χ1n) is 14.1. The van der Waals surface area contributed by atoms with Crippen LogP contribution in [0.15, 0.2) is 36.4 Å². The Hall–Kier alpha value is -2.27. The van der Waals surface area contributed by atoms with E-state index in [1.807, 2.05) is 12.1 Å². The lowest BCUT2D eigenvalue weighted by Crippen LogP contribution is -2.36. The Morgan fingerprint density at radius 2 is 1.86 bits per heavy atom. The third-order valence-electron chi connectivity index (χ3n) is 8.38. The Kier molecular flexibility index (Phi) is 8.73. The van der Waals surface area contributed by atoms with E-state index < -0.39 is 5.92 Å². The summed E-state index contributed by atoms with van der Waals surface area (Å²) in [4.78, 5) is 12.7. The van der Waals surface area contributed by atoms with Gasteiger partial charge in [-0.2, -0.15) is 0 Å². The van der Waals surface area contributed by atoms with Gasteiger partial charge in [0.05, 0.1) is 12.1 Å². The molecule has 2 aromatic rings. The number of hydrogen-bond donors (Lipinski definition) is 1. The number of carbonyl (C=O) groups excluding carboxylic acids is 1. The van der Waals surface area contributed by atoms with Crippen LogP contribution in [-0.4, -0.2) is 30.5 Å². The molecule has 1 N–H and O–H groups in total. The van der Waals surface area contributed by atoms with Gasteiger partial charge in [-0.1, -0.05) is 63.6 Å². The Bertz CT molecular complexity index is 1060. The summed E-state index contributed by atoms with van der Waals surface area (Å²) in [5, 5.41) is 3.85. The van der Waals surface area contributed by atoms with Crippen LogP contribution in [0.5, 0.6) is 0 Å². The quantitative estimate of drug-likeness (QED) is 0.290. The average Bonchev–Trinajstić information content (AvgIpc) is 3.29. The van der Waals surface area contributed by atoms with Crippen molar-refractivity contribution in [1.29, 1.82) is 0 Å². The molecule has 2 fully saturated rings. The fourth-order valence-electron chi connectivity index (χ4n) is 5.75. The van der Waals surface area contributed by atoms with Gasteiger partial charge in [0, 0.05) is 37.1 Å². The Balaban J connectivity index is 1.58. The van der Waals surface area contributed by atoms with Crippen molar-refractivity contribution in [3.63, 3.8) is 0 Å². The maximum atomic E-state index is 13.3. The number of alkyl halides is 2. The van der Waals surface area contributed by atoms with Crippen LogP contribution >= 0.6 is 0 Å². The Morgan fingerprint density at radius 3 is 2.46 bits per heavy atom. The number of aryl methyl sites for hydroxylation is 1. The second kappa shape index (κ2) is 11.6. The number of Topliss-reactive ketones (excluding diaryl/α,β-unsaturated/α-hetero) is 1. The Labute approximate surface area is 221 Å². The van der Waals surface area contributed by atoms with Crippen LogP contribution in [0.3, 0.4) is 0 Å². The van der Waals surface area contributed by atoms with Crippen molar-refractivity contribution in [3.8, 4) is 11.1 Å².